The summed E-state index contributed by atoms with van der Waals surface area (Å²) < 4.78 is 5.07. The topological polar surface area (TPSA) is 102 Å². The standard InChI is InChI=1S/C12H17ClN2O2.CH2O2/c1-8(2)15-5-6-17-12(16)10-4-3-9(14)7-11(10)13;2-1-3/h3-4,7-8,15H,5-6,14H2,1-2H3;1H,(H,2,3). The number of benzene rings is 1. The van der Waals surface area contributed by atoms with Crippen LogP contribution in [0.15, 0.2) is 18.2 Å². The molecule has 0 aliphatic heterocycles. The number of ether oxygens (including phenoxy) is 1. The minimum Gasteiger partial charge on any atom is -0.483 e. The summed E-state index contributed by atoms with van der Waals surface area (Å²) in [5.41, 5.74) is 6.40. The molecule has 0 unspecified atom stereocenters. The molecule has 1 rings (SSSR count). The van der Waals surface area contributed by atoms with Gasteiger partial charge in [-0.15, -0.1) is 0 Å². The van der Waals surface area contributed by atoms with Crippen LogP contribution in [0.1, 0.15) is 24.2 Å². The first kappa shape index (κ1) is 18.2. The number of carboxylic acid groups (broad SMARTS) is 1. The van der Waals surface area contributed by atoms with Crippen molar-refractivity contribution in [3.63, 3.8) is 0 Å². The van der Waals surface area contributed by atoms with Crippen molar-refractivity contribution in [1.29, 1.82) is 0 Å². The van der Waals surface area contributed by atoms with Gasteiger partial charge < -0.3 is 20.9 Å². The van der Waals surface area contributed by atoms with Crippen LogP contribution in [0, 0.1) is 0 Å². The van der Waals surface area contributed by atoms with Gasteiger partial charge in [-0.1, -0.05) is 25.4 Å². The number of nitrogen functional groups attached to an aromatic ring is 1. The lowest BCUT2D eigenvalue weighted by atomic mass is 10.2. The molecule has 20 heavy (non-hydrogen) atoms. The molecule has 0 bridgehead atoms. The van der Waals surface area contributed by atoms with E-state index < -0.39 is 5.97 Å². The van der Waals surface area contributed by atoms with Gasteiger partial charge >= 0.3 is 5.97 Å². The van der Waals surface area contributed by atoms with Crippen molar-refractivity contribution in [2.75, 3.05) is 18.9 Å². The molecule has 0 spiro atoms. The zero-order valence-electron chi connectivity index (χ0n) is 11.4. The predicted octanol–water partition coefficient (Wildman–Crippen LogP) is 1.78. The second kappa shape index (κ2) is 10.1. The Morgan fingerprint density at radius 3 is 2.65 bits per heavy atom. The highest BCUT2D eigenvalue weighted by Gasteiger charge is 2.11. The van der Waals surface area contributed by atoms with Crippen molar-refractivity contribution >= 4 is 29.7 Å². The van der Waals surface area contributed by atoms with Gasteiger partial charge in [-0.2, -0.15) is 0 Å². The van der Waals surface area contributed by atoms with Gasteiger partial charge in [0.05, 0.1) is 10.6 Å². The Hall–Kier alpha value is -1.79. The fourth-order valence-corrected chi connectivity index (χ4v) is 1.53. The third-order valence-electron chi connectivity index (χ3n) is 2.10. The Kier molecular flexibility index (Phi) is 9.15. The molecular formula is C13H19ClN2O4. The van der Waals surface area contributed by atoms with Crippen molar-refractivity contribution in [3.8, 4) is 0 Å². The summed E-state index contributed by atoms with van der Waals surface area (Å²) in [4.78, 5) is 20.0. The van der Waals surface area contributed by atoms with E-state index >= 15 is 0 Å². The van der Waals surface area contributed by atoms with Crippen LogP contribution in [-0.2, 0) is 9.53 Å². The van der Waals surface area contributed by atoms with E-state index in [9.17, 15) is 4.79 Å². The highest BCUT2D eigenvalue weighted by molar-refractivity contribution is 6.33. The highest BCUT2D eigenvalue weighted by Crippen LogP contribution is 2.19. The van der Waals surface area contributed by atoms with E-state index in [1.807, 2.05) is 13.8 Å². The molecule has 0 atom stereocenters. The molecule has 0 aliphatic carbocycles. The average Bonchev–Trinajstić information content (AvgIpc) is 2.35. The van der Waals surface area contributed by atoms with Crippen LogP contribution in [0.5, 0.6) is 0 Å². The Morgan fingerprint density at radius 2 is 2.15 bits per heavy atom. The summed E-state index contributed by atoms with van der Waals surface area (Å²) in [5, 5.41) is 10.3. The number of carbonyl (C=O) groups excluding carboxylic acids is 1. The fourth-order valence-electron chi connectivity index (χ4n) is 1.27. The zero-order chi connectivity index (χ0) is 15.5. The maximum atomic E-state index is 11.6. The SMILES string of the molecule is CC(C)NCCOC(=O)c1ccc(N)cc1Cl.O=CO. The molecular weight excluding hydrogens is 284 g/mol. The summed E-state index contributed by atoms with van der Waals surface area (Å²) in [7, 11) is 0. The summed E-state index contributed by atoms with van der Waals surface area (Å²) in [5.74, 6) is -0.430. The van der Waals surface area contributed by atoms with Crippen LogP contribution >= 0.6 is 11.6 Å². The third kappa shape index (κ3) is 7.60. The molecule has 0 aliphatic rings. The van der Waals surface area contributed by atoms with Crippen molar-refractivity contribution in [2.24, 2.45) is 0 Å². The number of nitrogens with two attached hydrogens (primary N) is 1. The normalized spacial score (nSPS) is 9.60. The second-order valence-electron chi connectivity index (χ2n) is 4.09. The molecule has 7 heteroatoms. The van der Waals surface area contributed by atoms with E-state index in [2.05, 4.69) is 5.32 Å². The molecule has 0 amide bonds. The lowest BCUT2D eigenvalue weighted by Gasteiger charge is -2.09. The molecule has 112 valence electrons. The summed E-state index contributed by atoms with van der Waals surface area (Å²) in [6.07, 6.45) is 0. The van der Waals surface area contributed by atoms with E-state index in [1.165, 1.54) is 6.07 Å². The summed E-state index contributed by atoms with van der Waals surface area (Å²) >= 11 is 5.89. The van der Waals surface area contributed by atoms with Crippen LogP contribution in [0.2, 0.25) is 5.02 Å². The minimum atomic E-state index is -0.430. The van der Waals surface area contributed by atoms with Crippen LogP contribution in [0.4, 0.5) is 5.69 Å². The average molecular weight is 303 g/mol. The van der Waals surface area contributed by atoms with Crippen molar-refractivity contribution in [1.82, 2.24) is 5.32 Å². The number of halogens is 1. The molecule has 4 N–H and O–H groups in total. The molecule has 0 fully saturated rings. The van der Waals surface area contributed by atoms with E-state index in [0.717, 1.165) is 0 Å². The largest absolute Gasteiger partial charge is 0.483 e. The van der Waals surface area contributed by atoms with E-state index in [-0.39, 0.29) is 6.47 Å². The molecule has 0 heterocycles. The fraction of sp³-hybridized carbons (Fsp3) is 0.385. The maximum Gasteiger partial charge on any atom is 0.339 e. The van der Waals surface area contributed by atoms with Gasteiger partial charge in [0.2, 0.25) is 0 Å². The Balaban J connectivity index is 0.00000110. The lowest BCUT2D eigenvalue weighted by molar-refractivity contribution is -0.122. The van der Waals surface area contributed by atoms with Crippen LogP contribution in [-0.4, -0.2) is 36.7 Å². The van der Waals surface area contributed by atoms with Crippen molar-refractivity contribution in [2.45, 2.75) is 19.9 Å². The molecule has 0 saturated carbocycles. The first-order valence-electron chi connectivity index (χ1n) is 5.95. The van der Waals surface area contributed by atoms with Gasteiger partial charge in [0.25, 0.3) is 6.47 Å². The van der Waals surface area contributed by atoms with Gasteiger partial charge in [0.15, 0.2) is 0 Å². The summed E-state index contributed by atoms with van der Waals surface area (Å²) in [6, 6.07) is 5.09. The van der Waals surface area contributed by atoms with Gasteiger partial charge in [-0.05, 0) is 18.2 Å². The monoisotopic (exact) mass is 302 g/mol. The number of hydrogen-bond acceptors (Lipinski definition) is 5. The molecule has 0 aromatic heterocycles. The minimum absolute atomic E-state index is 0.250. The maximum absolute atomic E-state index is 11.6. The van der Waals surface area contributed by atoms with Crippen LogP contribution < -0.4 is 11.1 Å². The number of carbonyl (C=O) groups is 2. The van der Waals surface area contributed by atoms with Gasteiger partial charge in [0, 0.05) is 18.3 Å². The molecule has 1 aromatic carbocycles. The molecule has 6 nitrogen and oxygen atoms in total. The Labute approximate surface area is 122 Å². The Morgan fingerprint density at radius 1 is 1.55 bits per heavy atom. The van der Waals surface area contributed by atoms with Gasteiger partial charge in [-0.3, -0.25) is 4.79 Å². The quantitative estimate of drug-likeness (QED) is 0.332. The first-order valence-corrected chi connectivity index (χ1v) is 6.33. The van der Waals surface area contributed by atoms with Crippen molar-refractivity contribution < 1.29 is 19.4 Å². The zero-order valence-corrected chi connectivity index (χ0v) is 12.2. The number of hydrogen-bond donors (Lipinski definition) is 3. The van der Waals surface area contributed by atoms with Gasteiger partial charge in [-0.25, -0.2) is 4.79 Å². The summed E-state index contributed by atoms with van der Waals surface area (Å²) in [6.45, 7) is 4.74. The van der Waals surface area contributed by atoms with E-state index in [0.29, 0.717) is 35.5 Å². The number of rotatable bonds is 5. The first-order chi connectivity index (χ1) is 9.42. The van der Waals surface area contributed by atoms with Crippen molar-refractivity contribution in [3.05, 3.63) is 28.8 Å². The van der Waals surface area contributed by atoms with Gasteiger partial charge in [0.1, 0.15) is 6.61 Å². The smallest absolute Gasteiger partial charge is 0.339 e. The Bertz CT molecular complexity index is 438. The number of nitrogens with one attached hydrogen (secondary N) is 1. The third-order valence-corrected chi connectivity index (χ3v) is 2.41. The molecule has 0 saturated heterocycles. The predicted molar refractivity (Wildman–Crippen MR) is 78.0 cm³/mol. The van der Waals surface area contributed by atoms with E-state index in [1.54, 1.807) is 12.1 Å². The second-order valence-corrected chi connectivity index (χ2v) is 4.50. The number of esters is 1. The lowest BCUT2D eigenvalue weighted by Crippen LogP contribution is -2.27. The molecule has 0 radical (unpaired) electrons. The number of anilines is 1. The van der Waals surface area contributed by atoms with Crippen LogP contribution in [0.3, 0.4) is 0 Å². The highest BCUT2D eigenvalue weighted by atomic mass is 35.5. The molecule has 1 aromatic rings. The van der Waals surface area contributed by atoms with E-state index in [4.69, 9.17) is 32.0 Å². The van der Waals surface area contributed by atoms with Crippen LogP contribution in [0.25, 0.3) is 0 Å².